The molecule has 0 radical (unpaired) electrons. The third-order valence-corrected chi connectivity index (χ3v) is 2.21. The fourth-order valence-electron chi connectivity index (χ4n) is 1.57. The van der Waals surface area contributed by atoms with Gasteiger partial charge in [-0.3, -0.25) is 4.68 Å². The molecule has 0 saturated carbocycles. The van der Waals surface area contributed by atoms with Gasteiger partial charge in [-0.25, -0.2) is 4.98 Å². The summed E-state index contributed by atoms with van der Waals surface area (Å²) >= 11 is 0. The van der Waals surface area contributed by atoms with E-state index in [1.807, 2.05) is 33.0 Å². The predicted molar refractivity (Wildman–Crippen MR) is 55.7 cm³/mol. The summed E-state index contributed by atoms with van der Waals surface area (Å²) in [5, 5.41) is 5.42. The summed E-state index contributed by atoms with van der Waals surface area (Å²) in [6, 6.07) is 3.90. The molecule has 2 N–H and O–H groups in total. The van der Waals surface area contributed by atoms with Crippen LogP contribution in [0.25, 0.3) is 11.0 Å². The standard InChI is InChI=1S/C10H14N4/c1-10(2,11)8-7-5-4-6-12-9(7)14(3)13-8/h4-6H,11H2,1-3H3. The van der Waals surface area contributed by atoms with Crippen molar-refractivity contribution < 1.29 is 0 Å². The van der Waals surface area contributed by atoms with Gasteiger partial charge in [-0.2, -0.15) is 5.10 Å². The van der Waals surface area contributed by atoms with Crippen molar-refractivity contribution in [2.24, 2.45) is 12.8 Å². The Morgan fingerprint density at radius 1 is 1.43 bits per heavy atom. The van der Waals surface area contributed by atoms with Crippen molar-refractivity contribution in [3.63, 3.8) is 0 Å². The molecule has 0 aliphatic heterocycles. The number of pyridine rings is 1. The Labute approximate surface area is 82.7 Å². The zero-order valence-electron chi connectivity index (χ0n) is 8.65. The van der Waals surface area contributed by atoms with Crippen molar-refractivity contribution >= 4 is 11.0 Å². The van der Waals surface area contributed by atoms with Crippen LogP contribution in [-0.4, -0.2) is 14.8 Å². The van der Waals surface area contributed by atoms with Gasteiger partial charge in [0.25, 0.3) is 0 Å². The maximum absolute atomic E-state index is 6.03. The van der Waals surface area contributed by atoms with Gasteiger partial charge < -0.3 is 5.73 Å². The molecule has 0 aromatic carbocycles. The molecule has 4 nitrogen and oxygen atoms in total. The average Bonchev–Trinajstić information content (AvgIpc) is 2.44. The van der Waals surface area contributed by atoms with Gasteiger partial charge in [0.05, 0.1) is 11.2 Å². The lowest BCUT2D eigenvalue weighted by Gasteiger charge is -2.15. The van der Waals surface area contributed by atoms with Gasteiger partial charge in [0.15, 0.2) is 5.65 Å². The van der Waals surface area contributed by atoms with E-state index in [-0.39, 0.29) is 0 Å². The molecule has 74 valence electrons. The molecule has 0 saturated heterocycles. The van der Waals surface area contributed by atoms with Crippen LogP contribution in [0.1, 0.15) is 19.5 Å². The predicted octanol–water partition coefficient (Wildman–Crippen LogP) is 1.16. The molecule has 0 aliphatic rings. The zero-order chi connectivity index (χ0) is 10.3. The van der Waals surface area contributed by atoms with Crippen LogP contribution in [0.3, 0.4) is 0 Å². The van der Waals surface area contributed by atoms with E-state index >= 15 is 0 Å². The van der Waals surface area contributed by atoms with Crippen molar-refractivity contribution in [2.45, 2.75) is 19.4 Å². The Hall–Kier alpha value is -1.42. The van der Waals surface area contributed by atoms with Crippen molar-refractivity contribution in [3.8, 4) is 0 Å². The molecule has 14 heavy (non-hydrogen) atoms. The van der Waals surface area contributed by atoms with Crippen LogP contribution >= 0.6 is 0 Å². The van der Waals surface area contributed by atoms with Crippen LogP contribution in [0.15, 0.2) is 18.3 Å². The normalized spacial score (nSPS) is 12.3. The summed E-state index contributed by atoms with van der Waals surface area (Å²) in [7, 11) is 1.88. The molecule has 0 aliphatic carbocycles. The summed E-state index contributed by atoms with van der Waals surface area (Å²) in [5.41, 5.74) is 7.37. The smallest absolute Gasteiger partial charge is 0.157 e. The van der Waals surface area contributed by atoms with Gasteiger partial charge in [0.1, 0.15) is 0 Å². The van der Waals surface area contributed by atoms with Gasteiger partial charge in [0.2, 0.25) is 0 Å². The topological polar surface area (TPSA) is 56.7 Å². The maximum Gasteiger partial charge on any atom is 0.157 e. The molecule has 0 amide bonds. The largest absolute Gasteiger partial charge is 0.320 e. The molecule has 2 aromatic rings. The number of rotatable bonds is 1. The summed E-state index contributed by atoms with van der Waals surface area (Å²) in [5.74, 6) is 0. The fraction of sp³-hybridized carbons (Fsp3) is 0.400. The van der Waals surface area contributed by atoms with Gasteiger partial charge in [0, 0.05) is 18.6 Å². The van der Waals surface area contributed by atoms with Gasteiger partial charge in [-0.15, -0.1) is 0 Å². The molecule has 2 aromatic heterocycles. The Morgan fingerprint density at radius 2 is 2.14 bits per heavy atom. The first-order valence-electron chi connectivity index (χ1n) is 4.57. The monoisotopic (exact) mass is 190 g/mol. The number of aromatic nitrogens is 3. The number of hydrogen-bond donors (Lipinski definition) is 1. The Balaban J connectivity index is 2.80. The number of nitrogens with two attached hydrogens (primary N) is 1. The zero-order valence-corrected chi connectivity index (χ0v) is 8.65. The SMILES string of the molecule is Cn1nc(C(C)(C)N)c2cccnc21. The van der Waals surface area contributed by atoms with Crippen LogP contribution in [0, 0.1) is 0 Å². The van der Waals surface area contributed by atoms with Crippen LogP contribution in [0.5, 0.6) is 0 Å². The molecule has 4 heteroatoms. The molecule has 0 unspecified atom stereocenters. The Morgan fingerprint density at radius 3 is 2.79 bits per heavy atom. The van der Waals surface area contributed by atoms with E-state index in [4.69, 9.17) is 5.73 Å². The van der Waals surface area contributed by atoms with Gasteiger partial charge in [-0.05, 0) is 26.0 Å². The van der Waals surface area contributed by atoms with Gasteiger partial charge >= 0.3 is 0 Å². The van der Waals surface area contributed by atoms with Crippen molar-refractivity contribution in [1.82, 2.24) is 14.8 Å². The number of aryl methyl sites for hydroxylation is 1. The molecule has 2 rings (SSSR count). The lowest BCUT2D eigenvalue weighted by molar-refractivity contribution is 0.527. The number of hydrogen-bond acceptors (Lipinski definition) is 3. The second kappa shape index (κ2) is 2.78. The van der Waals surface area contributed by atoms with E-state index in [9.17, 15) is 0 Å². The van der Waals surface area contributed by atoms with E-state index in [0.29, 0.717) is 0 Å². The van der Waals surface area contributed by atoms with Crippen molar-refractivity contribution in [2.75, 3.05) is 0 Å². The highest BCUT2D eigenvalue weighted by molar-refractivity contribution is 5.79. The van der Waals surface area contributed by atoms with Crippen molar-refractivity contribution in [3.05, 3.63) is 24.0 Å². The highest BCUT2D eigenvalue weighted by Gasteiger charge is 2.22. The minimum Gasteiger partial charge on any atom is -0.320 e. The highest BCUT2D eigenvalue weighted by Crippen LogP contribution is 2.23. The lowest BCUT2D eigenvalue weighted by Crippen LogP contribution is -2.29. The van der Waals surface area contributed by atoms with Crippen LogP contribution in [-0.2, 0) is 12.6 Å². The van der Waals surface area contributed by atoms with E-state index in [1.54, 1.807) is 10.9 Å². The molecule has 0 bridgehead atoms. The maximum atomic E-state index is 6.03. The lowest BCUT2D eigenvalue weighted by atomic mass is 10.00. The van der Waals surface area contributed by atoms with Crippen LogP contribution in [0.2, 0.25) is 0 Å². The highest BCUT2D eigenvalue weighted by atomic mass is 15.3. The first kappa shape index (κ1) is 9.15. The molecule has 0 atom stereocenters. The average molecular weight is 190 g/mol. The second-order valence-corrected chi connectivity index (χ2v) is 4.07. The third-order valence-electron chi connectivity index (χ3n) is 2.21. The minimum atomic E-state index is -0.428. The molecule has 0 fully saturated rings. The van der Waals surface area contributed by atoms with E-state index in [0.717, 1.165) is 16.7 Å². The summed E-state index contributed by atoms with van der Waals surface area (Å²) in [6.07, 6.45) is 1.76. The fourth-order valence-corrected chi connectivity index (χ4v) is 1.57. The van der Waals surface area contributed by atoms with Crippen molar-refractivity contribution in [1.29, 1.82) is 0 Å². The molecular formula is C10H14N4. The summed E-state index contributed by atoms with van der Waals surface area (Å²) in [6.45, 7) is 3.89. The first-order chi connectivity index (χ1) is 6.50. The van der Waals surface area contributed by atoms with Gasteiger partial charge in [-0.1, -0.05) is 0 Å². The summed E-state index contributed by atoms with van der Waals surface area (Å²) < 4.78 is 1.76. The Bertz CT molecular complexity index is 464. The Kier molecular flexibility index (Phi) is 1.82. The number of fused-ring (bicyclic) bond motifs is 1. The first-order valence-corrected chi connectivity index (χ1v) is 4.57. The van der Waals surface area contributed by atoms with Crippen LogP contribution < -0.4 is 5.73 Å². The van der Waals surface area contributed by atoms with E-state index < -0.39 is 5.54 Å². The summed E-state index contributed by atoms with van der Waals surface area (Å²) in [4.78, 5) is 4.26. The number of nitrogens with zero attached hydrogens (tertiary/aromatic N) is 3. The van der Waals surface area contributed by atoms with Crippen LogP contribution in [0.4, 0.5) is 0 Å². The molecule has 2 heterocycles. The molecular weight excluding hydrogens is 176 g/mol. The quantitative estimate of drug-likeness (QED) is 0.734. The third kappa shape index (κ3) is 1.28. The minimum absolute atomic E-state index is 0.428. The van der Waals surface area contributed by atoms with E-state index in [1.165, 1.54) is 0 Å². The second-order valence-electron chi connectivity index (χ2n) is 4.07. The van der Waals surface area contributed by atoms with E-state index in [2.05, 4.69) is 10.1 Å². The molecule has 0 spiro atoms.